The minimum Gasteiger partial charge on any atom is -0.462 e. The van der Waals surface area contributed by atoms with Crippen molar-refractivity contribution in [3.05, 3.63) is 70.6 Å². The summed E-state index contributed by atoms with van der Waals surface area (Å²) in [6.07, 6.45) is 0. The third-order valence-electron chi connectivity index (χ3n) is 3.88. The highest BCUT2D eigenvalue weighted by Crippen LogP contribution is 2.31. The molecule has 3 aromatic rings. The first-order valence-corrected chi connectivity index (χ1v) is 9.47. The van der Waals surface area contributed by atoms with Gasteiger partial charge < -0.3 is 4.74 Å². The fraction of sp³-hybridized carbons (Fsp3) is 0.143. The molecular weight excluding hydrogens is 376 g/mol. The zero-order chi connectivity index (χ0) is 20.1. The quantitative estimate of drug-likeness (QED) is 0.386. The fourth-order valence-corrected chi connectivity index (χ4v) is 3.37. The van der Waals surface area contributed by atoms with Crippen LogP contribution in [-0.4, -0.2) is 29.3 Å². The number of rotatable bonds is 6. The molecule has 0 radical (unpaired) electrons. The van der Waals surface area contributed by atoms with E-state index >= 15 is 0 Å². The summed E-state index contributed by atoms with van der Waals surface area (Å²) in [4.78, 5) is 41.6. The summed E-state index contributed by atoms with van der Waals surface area (Å²) in [5.74, 6) is -2.01. The Morgan fingerprint density at radius 2 is 1.71 bits per heavy atom. The van der Waals surface area contributed by atoms with E-state index in [0.29, 0.717) is 11.3 Å². The highest BCUT2D eigenvalue weighted by Gasteiger charge is 2.23. The average molecular weight is 394 g/mol. The highest BCUT2D eigenvalue weighted by atomic mass is 32.1. The van der Waals surface area contributed by atoms with Crippen molar-refractivity contribution in [3.63, 3.8) is 0 Å². The lowest BCUT2D eigenvalue weighted by Crippen LogP contribution is -2.22. The topological polar surface area (TPSA) is 85.4 Å². The lowest BCUT2D eigenvalue weighted by Gasteiger charge is -2.02. The molecule has 1 amide bonds. The second-order valence-corrected chi connectivity index (χ2v) is 6.93. The van der Waals surface area contributed by atoms with Gasteiger partial charge in [-0.1, -0.05) is 71.5 Å². The molecule has 0 spiro atoms. The van der Waals surface area contributed by atoms with E-state index in [2.05, 4.69) is 10.3 Å². The second kappa shape index (κ2) is 8.58. The van der Waals surface area contributed by atoms with Crippen LogP contribution in [0.2, 0.25) is 0 Å². The van der Waals surface area contributed by atoms with Gasteiger partial charge in [0.1, 0.15) is 4.88 Å². The Bertz CT molecular complexity index is 1010. The molecule has 0 unspecified atom stereocenters. The van der Waals surface area contributed by atoms with E-state index in [1.807, 2.05) is 25.1 Å². The van der Waals surface area contributed by atoms with Crippen LogP contribution in [0.15, 0.2) is 54.6 Å². The van der Waals surface area contributed by atoms with Crippen LogP contribution in [0.1, 0.15) is 32.5 Å². The first-order valence-electron chi connectivity index (χ1n) is 8.65. The predicted molar refractivity (Wildman–Crippen MR) is 108 cm³/mol. The molecule has 1 N–H and O–H groups in total. The second-order valence-electron chi connectivity index (χ2n) is 5.93. The zero-order valence-corrected chi connectivity index (χ0v) is 16.2. The first-order chi connectivity index (χ1) is 13.5. The Hall–Kier alpha value is -3.32. The molecule has 1 heterocycles. The van der Waals surface area contributed by atoms with Crippen LogP contribution in [-0.2, 0) is 9.53 Å². The molecule has 6 nitrogen and oxygen atoms in total. The summed E-state index contributed by atoms with van der Waals surface area (Å²) in [6, 6.07) is 15.8. The van der Waals surface area contributed by atoms with E-state index < -0.39 is 17.7 Å². The van der Waals surface area contributed by atoms with Crippen molar-refractivity contribution in [1.82, 2.24) is 4.98 Å². The van der Waals surface area contributed by atoms with Crippen molar-refractivity contribution >= 4 is 34.1 Å². The molecule has 0 aliphatic carbocycles. The minimum absolute atomic E-state index is 0.160. The number of hydrogen-bond donors (Lipinski definition) is 1. The van der Waals surface area contributed by atoms with Gasteiger partial charge in [-0.15, -0.1) is 0 Å². The largest absolute Gasteiger partial charge is 0.462 e. The summed E-state index contributed by atoms with van der Waals surface area (Å²) < 4.78 is 5.09. The van der Waals surface area contributed by atoms with Crippen LogP contribution in [0.3, 0.4) is 0 Å². The Kier molecular flexibility index (Phi) is 5.96. The summed E-state index contributed by atoms with van der Waals surface area (Å²) in [7, 11) is 0. The lowest BCUT2D eigenvalue weighted by atomic mass is 10.1. The molecule has 0 atom stereocenters. The average Bonchev–Trinajstić information content (AvgIpc) is 3.13. The highest BCUT2D eigenvalue weighted by molar-refractivity contribution is 7.18. The summed E-state index contributed by atoms with van der Waals surface area (Å²) in [5, 5.41) is 2.65. The number of esters is 1. The smallest absolute Gasteiger partial charge is 0.350 e. The van der Waals surface area contributed by atoms with Crippen molar-refractivity contribution in [1.29, 1.82) is 0 Å². The van der Waals surface area contributed by atoms with Crippen LogP contribution >= 0.6 is 11.3 Å². The lowest BCUT2D eigenvalue weighted by molar-refractivity contribution is -0.112. The molecule has 7 heteroatoms. The van der Waals surface area contributed by atoms with Gasteiger partial charge in [0, 0.05) is 11.1 Å². The van der Waals surface area contributed by atoms with Crippen molar-refractivity contribution < 1.29 is 19.1 Å². The van der Waals surface area contributed by atoms with E-state index in [9.17, 15) is 14.4 Å². The van der Waals surface area contributed by atoms with E-state index in [4.69, 9.17) is 4.74 Å². The molecule has 0 saturated heterocycles. The van der Waals surface area contributed by atoms with Gasteiger partial charge in [-0.25, -0.2) is 9.78 Å². The number of thiazole rings is 1. The Morgan fingerprint density at radius 3 is 2.36 bits per heavy atom. The van der Waals surface area contributed by atoms with Gasteiger partial charge in [0.2, 0.25) is 0 Å². The molecule has 142 valence electrons. The molecule has 0 saturated carbocycles. The standard InChI is InChI=1S/C21H18N2O4S/c1-3-27-20(26)18-16(14-7-5-4-6-8-14)22-21(28-18)23-19(25)17(24)15-11-9-13(2)10-12-15/h4-12H,3H2,1-2H3,(H,22,23,25). The Labute approximate surface area is 166 Å². The van der Waals surface area contributed by atoms with Gasteiger partial charge in [0.05, 0.1) is 12.3 Å². The number of anilines is 1. The number of nitrogens with zero attached hydrogens (tertiary/aromatic N) is 1. The van der Waals surface area contributed by atoms with E-state index in [1.54, 1.807) is 43.3 Å². The Morgan fingerprint density at radius 1 is 1.04 bits per heavy atom. The SMILES string of the molecule is CCOC(=O)c1sc(NC(=O)C(=O)c2ccc(C)cc2)nc1-c1ccccc1. The number of benzene rings is 2. The molecular formula is C21H18N2O4S. The van der Waals surface area contributed by atoms with Crippen molar-refractivity contribution in [2.45, 2.75) is 13.8 Å². The third kappa shape index (κ3) is 4.32. The Balaban J connectivity index is 1.87. The van der Waals surface area contributed by atoms with Crippen LogP contribution in [0, 0.1) is 6.92 Å². The maximum atomic E-state index is 12.3. The summed E-state index contributed by atoms with van der Waals surface area (Å²) in [5.41, 5.74) is 2.39. The number of carbonyl (C=O) groups excluding carboxylic acids is 3. The summed E-state index contributed by atoms with van der Waals surface area (Å²) in [6.45, 7) is 3.83. The zero-order valence-electron chi connectivity index (χ0n) is 15.4. The van der Waals surface area contributed by atoms with Gasteiger partial charge in [-0.05, 0) is 13.8 Å². The number of aryl methyl sites for hydroxylation is 1. The number of nitrogens with one attached hydrogen (secondary N) is 1. The number of ketones is 1. The number of amides is 1. The van der Waals surface area contributed by atoms with Crippen molar-refractivity contribution in [2.24, 2.45) is 0 Å². The molecule has 0 aliphatic rings. The van der Waals surface area contributed by atoms with Crippen LogP contribution in [0.5, 0.6) is 0 Å². The molecule has 1 aromatic heterocycles. The van der Waals surface area contributed by atoms with E-state index in [-0.39, 0.29) is 22.2 Å². The number of hydrogen-bond acceptors (Lipinski definition) is 6. The third-order valence-corrected chi connectivity index (χ3v) is 4.83. The molecule has 3 rings (SSSR count). The fourth-order valence-electron chi connectivity index (χ4n) is 2.49. The van der Waals surface area contributed by atoms with E-state index in [1.165, 1.54) is 0 Å². The van der Waals surface area contributed by atoms with Crippen molar-refractivity contribution in [3.8, 4) is 11.3 Å². The van der Waals surface area contributed by atoms with Crippen LogP contribution in [0.4, 0.5) is 5.13 Å². The first kappa shape index (κ1) is 19.4. The molecule has 2 aromatic carbocycles. The van der Waals surface area contributed by atoms with Gasteiger partial charge in [0.15, 0.2) is 5.13 Å². The van der Waals surface area contributed by atoms with Gasteiger partial charge >= 0.3 is 5.97 Å². The van der Waals surface area contributed by atoms with Gasteiger partial charge in [0.25, 0.3) is 11.7 Å². The molecule has 28 heavy (non-hydrogen) atoms. The normalized spacial score (nSPS) is 10.4. The van der Waals surface area contributed by atoms with Gasteiger partial charge in [-0.3, -0.25) is 14.9 Å². The van der Waals surface area contributed by atoms with Gasteiger partial charge in [-0.2, -0.15) is 0 Å². The van der Waals surface area contributed by atoms with Crippen LogP contribution in [0.25, 0.3) is 11.3 Å². The molecule has 0 bridgehead atoms. The molecule has 0 aliphatic heterocycles. The number of aromatic nitrogens is 1. The van der Waals surface area contributed by atoms with Crippen molar-refractivity contribution in [2.75, 3.05) is 11.9 Å². The monoisotopic (exact) mass is 394 g/mol. The van der Waals surface area contributed by atoms with E-state index in [0.717, 1.165) is 16.9 Å². The maximum absolute atomic E-state index is 12.3. The number of Topliss-reactive ketones (excluding diaryl/α,β-unsaturated/α-hetero) is 1. The number of ether oxygens (including phenoxy) is 1. The summed E-state index contributed by atoms with van der Waals surface area (Å²) >= 11 is 0.976. The predicted octanol–water partition coefficient (Wildman–Crippen LogP) is 4.12. The minimum atomic E-state index is -0.812. The number of carbonyl (C=O) groups is 3. The maximum Gasteiger partial charge on any atom is 0.350 e. The van der Waals surface area contributed by atoms with Crippen LogP contribution < -0.4 is 5.32 Å². The molecule has 0 fully saturated rings.